The molecule has 0 unspecified atom stereocenters. The van der Waals surface area contributed by atoms with Crippen LogP contribution >= 0.6 is 0 Å². The molecular formula is C36H76N+. The molecule has 1 heteroatoms. The number of hydrogen-bond donors (Lipinski definition) is 0. The van der Waals surface area contributed by atoms with Crippen LogP contribution in [0.1, 0.15) is 208 Å². The highest BCUT2D eigenvalue weighted by Gasteiger charge is 2.41. The summed E-state index contributed by atoms with van der Waals surface area (Å²) >= 11 is 0. The average Bonchev–Trinajstić information content (AvgIpc) is 2.89. The molecule has 37 heavy (non-hydrogen) atoms. The summed E-state index contributed by atoms with van der Waals surface area (Å²) in [5.74, 6) is 0. The average molecular weight is 523 g/mol. The number of quaternary nitrogens is 1. The molecule has 0 aromatic rings. The summed E-state index contributed by atoms with van der Waals surface area (Å²) in [4.78, 5) is 0. The van der Waals surface area contributed by atoms with Crippen molar-refractivity contribution < 1.29 is 4.48 Å². The lowest BCUT2D eigenvalue weighted by molar-refractivity contribution is -0.973. The third-order valence-electron chi connectivity index (χ3n) is 9.50. The number of nitrogens with zero attached hydrogens (tertiary/aromatic N) is 1. The molecule has 0 saturated carbocycles. The lowest BCUT2D eigenvalue weighted by Crippen LogP contribution is -2.63. The third kappa shape index (κ3) is 19.6. The van der Waals surface area contributed by atoms with Gasteiger partial charge in [0.2, 0.25) is 0 Å². The van der Waals surface area contributed by atoms with Gasteiger partial charge in [-0.1, -0.05) is 143 Å². The van der Waals surface area contributed by atoms with Crippen LogP contribution in [0.5, 0.6) is 0 Å². The molecule has 0 aromatic carbocycles. The van der Waals surface area contributed by atoms with Crippen LogP contribution in [-0.4, -0.2) is 29.7 Å². The lowest BCUT2D eigenvalue weighted by atomic mass is 9.88. The second-order valence-electron chi connectivity index (χ2n) is 13.3. The van der Waals surface area contributed by atoms with Crippen LogP contribution < -0.4 is 0 Å². The Bertz CT molecular complexity index is 424. The molecule has 1 nitrogen and oxygen atoms in total. The van der Waals surface area contributed by atoms with Crippen LogP contribution in [-0.2, 0) is 0 Å². The van der Waals surface area contributed by atoms with Gasteiger partial charge in [-0.05, 0) is 58.8 Å². The molecule has 0 amide bonds. The maximum absolute atomic E-state index is 2.68. The number of rotatable bonds is 30. The van der Waals surface area contributed by atoms with Crippen molar-refractivity contribution in [2.45, 2.75) is 214 Å². The second-order valence-corrected chi connectivity index (χ2v) is 13.3. The highest BCUT2D eigenvalue weighted by Crippen LogP contribution is 2.34. The Balaban J connectivity index is 5.20. The predicted octanol–water partition coefficient (Wildman–Crippen LogP) is 12.8. The normalized spacial score (nSPS) is 12.5. The zero-order valence-corrected chi connectivity index (χ0v) is 27.5. The van der Waals surface area contributed by atoms with E-state index in [2.05, 4.69) is 41.5 Å². The van der Waals surface area contributed by atoms with Gasteiger partial charge in [0, 0.05) is 6.42 Å². The number of hydrogen-bond acceptors (Lipinski definition) is 0. The van der Waals surface area contributed by atoms with E-state index in [1.54, 1.807) is 0 Å². The Hall–Kier alpha value is -0.0400. The molecule has 0 bridgehead atoms. The van der Waals surface area contributed by atoms with Crippen molar-refractivity contribution in [3.8, 4) is 0 Å². The fourth-order valence-corrected chi connectivity index (χ4v) is 6.58. The largest absolute Gasteiger partial charge is 0.319 e. The topological polar surface area (TPSA) is 0 Å². The Morgan fingerprint density at radius 2 is 0.568 bits per heavy atom. The Morgan fingerprint density at radius 1 is 0.324 bits per heavy atom. The molecule has 0 aliphatic rings. The minimum absolute atomic E-state index is 0.430. The summed E-state index contributed by atoms with van der Waals surface area (Å²) in [5, 5.41) is 0. The van der Waals surface area contributed by atoms with Crippen molar-refractivity contribution in [3.05, 3.63) is 0 Å². The maximum atomic E-state index is 2.68. The highest BCUT2D eigenvalue weighted by molar-refractivity contribution is 4.73. The molecule has 0 fully saturated rings. The molecule has 0 saturated heterocycles. The summed E-state index contributed by atoms with van der Waals surface area (Å²) in [6, 6.07) is 0. The molecule has 0 aliphatic carbocycles. The van der Waals surface area contributed by atoms with Gasteiger partial charge in [-0.2, -0.15) is 0 Å². The molecule has 0 heterocycles. The zero-order chi connectivity index (χ0) is 27.5. The first kappa shape index (κ1) is 37.0. The maximum Gasteiger partial charge on any atom is 0.0935 e. The van der Waals surface area contributed by atoms with E-state index in [9.17, 15) is 0 Å². The molecule has 0 aliphatic heterocycles. The summed E-state index contributed by atoms with van der Waals surface area (Å²) in [6.45, 7) is 19.0. The molecule has 0 N–H and O–H groups in total. The molecule has 224 valence electrons. The SMILES string of the molecule is CCCCCCCCC[N+](CCCCCCCC)(CCCCCCCC)C(C)(C)CCCCCCCC. The third-order valence-corrected chi connectivity index (χ3v) is 9.50. The van der Waals surface area contributed by atoms with Crippen molar-refractivity contribution in [1.29, 1.82) is 0 Å². The van der Waals surface area contributed by atoms with Gasteiger partial charge in [-0.25, -0.2) is 0 Å². The van der Waals surface area contributed by atoms with Crippen molar-refractivity contribution >= 4 is 0 Å². The van der Waals surface area contributed by atoms with E-state index in [4.69, 9.17) is 0 Å². The molecule has 0 aromatic heterocycles. The lowest BCUT2D eigenvalue weighted by Gasteiger charge is -2.51. The minimum Gasteiger partial charge on any atom is -0.319 e. The van der Waals surface area contributed by atoms with E-state index in [-0.39, 0.29) is 0 Å². The van der Waals surface area contributed by atoms with Crippen molar-refractivity contribution in [3.63, 3.8) is 0 Å². The second kappa shape index (κ2) is 26.2. The van der Waals surface area contributed by atoms with E-state index in [1.165, 1.54) is 191 Å². The van der Waals surface area contributed by atoms with Crippen molar-refractivity contribution in [1.82, 2.24) is 0 Å². The highest BCUT2D eigenvalue weighted by atomic mass is 15.4. The van der Waals surface area contributed by atoms with Gasteiger partial charge < -0.3 is 4.48 Å². The summed E-state index contributed by atoms with van der Waals surface area (Å²) in [7, 11) is 0. The Kier molecular flexibility index (Phi) is 26.2. The van der Waals surface area contributed by atoms with E-state index < -0.39 is 0 Å². The van der Waals surface area contributed by atoms with Gasteiger partial charge in [0.15, 0.2) is 0 Å². The summed E-state index contributed by atoms with van der Waals surface area (Å²) in [6.07, 6.45) is 37.3. The van der Waals surface area contributed by atoms with Crippen molar-refractivity contribution in [2.75, 3.05) is 19.6 Å². The standard InChI is InChI=1S/C36H76N/c1-7-11-15-19-23-27-31-35-37(33-29-25-21-17-13-9-3,34-30-26-22-18-14-10-4)36(5,6)32-28-24-20-16-12-8-2/h7-35H2,1-6H3/q+1. The first-order valence-electron chi connectivity index (χ1n) is 17.9. The number of unbranched alkanes of at least 4 members (excludes halogenated alkanes) is 21. The van der Waals surface area contributed by atoms with Crippen LogP contribution in [0.15, 0.2) is 0 Å². The summed E-state index contributed by atoms with van der Waals surface area (Å²) < 4.78 is 1.43. The summed E-state index contributed by atoms with van der Waals surface area (Å²) in [5.41, 5.74) is 0.430. The van der Waals surface area contributed by atoms with Crippen LogP contribution in [0, 0.1) is 0 Å². The fourth-order valence-electron chi connectivity index (χ4n) is 6.58. The quantitative estimate of drug-likeness (QED) is 0.0649. The van der Waals surface area contributed by atoms with Gasteiger partial charge in [0.25, 0.3) is 0 Å². The van der Waals surface area contributed by atoms with Gasteiger partial charge in [0.1, 0.15) is 0 Å². The van der Waals surface area contributed by atoms with E-state index in [0.29, 0.717) is 5.54 Å². The molecule has 0 rings (SSSR count). The van der Waals surface area contributed by atoms with E-state index in [0.717, 1.165) is 0 Å². The van der Waals surface area contributed by atoms with E-state index >= 15 is 0 Å². The molecular weight excluding hydrogens is 446 g/mol. The van der Waals surface area contributed by atoms with Gasteiger partial charge in [0.05, 0.1) is 25.2 Å². The first-order valence-corrected chi connectivity index (χ1v) is 17.9. The van der Waals surface area contributed by atoms with Gasteiger partial charge >= 0.3 is 0 Å². The first-order chi connectivity index (χ1) is 18.0. The minimum atomic E-state index is 0.430. The zero-order valence-electron chi connectivity index (χ0n) is 27.5. The van der Waals surface area contributed by atoms with Crippen LogP contribution in [0.3, 0.4) is 0 Å². The predicted molar refractivity (Wildman–Crippen MR) is 172 cm³/mol. The molecule has 0 atom stereocenters. The monoisotopic (exact) mass is 523 g/mol. The van der Waals surface area contributed by atoms with Crippen LogP contribution in [0.4, 0.5) is 0 Å². The van der Waals surface area contributed by atoms with Crippen LogP contribution in [0.25, 0.3) is 0 Å². The van der Waals surface area contributed by atoms with Gasteiger partial charge in [-0.15, -0.1) is 0 Å². The van der Waals surface area contributed by atoms with Crippen molar-refractivity contribution in [2.24, 2.45) is 0 Å². The van der Waals surface area contributed by atoms with Crippen LogP contribution in [0.2, 0.25) is 0 Å². The van der Waals surface area contributed by atoms with E-state index in [1.807, 2.05) is 0 Å². The smallest absolute Gasteiger partial charge is 0.0935 e. The van der Waals surface area contributed by atoms with Gasteiger partial charge in [-0.3, -0.25) is 0 Å². The molecule has 0 spiro atoms. The Morgan fingerprint density at radius 3 is 0.865 bits per heavy atom. The molecule has 0 radical (unpaired) electrons. The fraction of sp³-hybridized carbons (Fsp3) is 1.00. The Labute approximate surface area is 237 Å².